The first-order valence-electron chi connectivity index (χ1n) is 10.1. The summed E-state index contributed by atoms with van der Waals surface area (Å²) in [6.45, 7) is 1.10. The lowest BCUT2D eigenvalue weighted by atomic mass is 9.79. The van der Waals surface area contributed by atoms with Gasteiger partial charge < -0.3 is 24.6 Å². The number of hydrogen-bond donors (Lipinski definition) is 2. The van der Waals surface area contributed by atoms with E-state index in [4.69, 9.17) is 14.2 Å². The molecule has 0 saturated carbocycles. The van der Waals surface area contributed by atoms with Crippen molar-refractivity contribution in [3.05, 3.63) is 95.6 Å². The predicted octanol–water partition coefficient (Wildman–Crippen LogP) is 3.35. The number of benzene rings is 3. The van der Waals surface area contributed by atoms with Gasteiger partial charge in [-0.25, -0.2) is 0 Å². The Morgan fingerprint density at radius 3 is 1.67 bits per heavy atom. The second-order valence-corrected chi connectivity index (χ2v) is 7.39. The fourth-order valence-electron chi connectivity index (χ4n) is 4.02. The summed E-state index contributed by atoms with van der Waals surface area (Å²) in [5.41, 5.74) is 1.99. The summed E-state index contributed by atoms with van der Waals surface area (Å²) >= 11 is 0. The number of methoxy groups -OCH3 is 2. The first kappa shape index (κ1) is 20.4. The van der Waals surface area contributed by atoms with E-state index in [0.29, 0.717) is 13.1 Å². The molecule has 0 aliphatic carbocycles. The van der Waals surface area contributed by atoms with Crippen molar-refractivity contribution in [2.24, 2.45) is 0 Å². The summed E-state index contributed by atoms with van der Waals surface area (Å²) in [6.07, 6.45) is -0.931. The molecule has 3 aromatic rings. The minimum atomic E-state index is -0.905. The van der Waals surface area contributed by atoms with E-state index >= 15 is 0 Å². The Morgan fingerprint density at radius 1 is 0.733 bits per heavy atom. The molecule has 0 aromatic heterocycles. The zero-order valence-electron chi connectivity index (χ0n) is 17.2. The Bertz CT molecular complexity index is 894. The highest BCUT2D eigenvalue weighted by Gasteiger charge is 2.42. The molecule has 2 atom stereocenters. The van der Waals surface area contributed by atoms with Gasteiger partial charge in [0, 0.05) is 13.1 Å². The maximum Gasteiger partial charge on any atom is 0.144 e. The number of aliphatic hydroxyl groups excluding tert-OH is 1. The molecule has 1 heterocycles. The van der Waals surface area contributed by atoms with E-state index < -0.39 is 11.7 Å². The Hall–Kier alpha value is -2.86. The summed E-state index contributed by atoms with van der Waals surface area (Å²) in [6, 6.07) is 25.9. The number of nitrogens with one attached hydrogen (secondary N) is 1. The van der Waals surface area contributed by atoms with Crippen molar-refractivity contribution in [1.29, 1.82) is 0 Å². The zero-order chi connectivity index (χ0) is 21.0. The van der Waals surface area contributed by atoms with Crippen molar-refractivity contribution in [2.75, 3.05) is 27.3 Å². The van der Waals surface area contributed by atoms with Crippen molar-refractivity contribution in [3.8, 4) is 11.5 Å². The predicted molar refractivity (Wildman–Crippen MR) is 116 cm³/mol. The molecular weight excluding hydrogens is 378 g/mol. The first-order chi connectivity index (χ1) is 14.7. The standard InChI is InChI=1S/C25H27NO4/c1-28-21-12-8-19(9-13-21)25(18-6-4-3-5-7-18,30-24-17-26-16-23(24)27)20-10-14-22(29-2)15-11-20/h3-15,23-24,26-27H,16-17H2,1-2H3/t23-,24-/m0/s1. The van der Waals surface area contributed by atoms with E-state index in [-0.39, 0.29) is 6.10 Å². The van der Waals surface area contributed by atoms with Crippen LogP contribution in [0.2, 0.25) is 0 Å². The molecule has 1 fully saturated rings. The summed E-state index contributed by atoms with van der Waals surface area (Å²) < 4.78 is 17.6. The van der Waals surface area contributed by atoms with Crippen LogP contribution < -0.4 is 14.8 Å². The molecule has 5 nitrogen and oxygen atoms in total. The van der Waals surface area contributed by atoms with E-state index in [1.54, 1.807) is 14.2 Å². The topological polar surface area (TPSA) is 60.0 Å². The number of rotatable bonds is 7. The second-order valence-electron chi connectivity index (χ2n) is 7.39. The fourth-order valence-corrected chi connectivity index (χ4v) is 4.02. The highest BCUT2D eigenvalue weighted by atomic mass is 16.5. The van der Waals surface area contributed by atoms with Crippen LogP contribution in [-0.4, -0.2) is 44.6 Å². The van der Waals surface area contributed by atoms with Crippen molar-refractivity contribution < 1.29 is 19.3 Å². The number of ether oxygens (including phenoxy) is 3. The fraction of sp³-hybridized carbons (Fsp3) is 0.280. The molecule has 30 heavy (non-hydrogen) atoms. The smallest absolute Gasteiger partial charge is 0.144 e. The van der Waals surface area contributed by atoms with E-state index in [1.165, 1.54) is 0 Å². The van der Waals surface area contributed by atoms with E-state index in [9.17, 15) is 5.11 Å². The molecule has 1 aliphatic rings. The monoisotopic (exact) mass is 405 g/mol. The molecule has 0 unspecified atom stereocenters. The average Bonchev–Trinajstić information content (AvgIpc) is 3.22. The summed E-state index contributed by atoms with van der Waals surface area (Å²) in [4.78, 5) is 0. The number of β-amino-alcohol motifs (C(OH)–C–C–N with tert-alkyl or cyclic N) is 1. The highest BCUT2D eigenvalue weighted by Crippen LogP contribution is 2.43. The lowest BCUT2D eigenvalue weighted by molar-refractivity contribution is -0.0806. The van der Waals surface area contributed by atoms with E-state index in [0.717, 1.165) is 28.2 Å². The third kappa shape index (κ3) is 3.79. The van der Waals surface area contributed by atoms with E-state index in [2.05, 4.69) is 17.4 Å². The molecule has 0 spiro atoms. The number of hydrogen-bond acceptors (Lipinski definition) is 5. The first-order valence-corrected chi connectivity index (χ1v) is 10.1. The summed E-state index contributed by atoms with van der Waals surface area (Å²) in [5, 5.41) is 13.8. The normalized spacial score (nSPS) is 18.9. The summed E-state index contributed by atoms with van der Waals surface area (Å²) in [5.74, 6) is 1.55. The molecular formula is C25H27NO4. The Labute approximate surface area is 177 Å². The molecule has 0 bridgehead atoms. The van der Waals surface area contributed by atoms with Gasteiger partial charge in [-0.1, -0.05) is 54.6 Å². The van der Waals surface area contributed by atoms with Crippen molar-refractivity contribution >= 4 is 0 Å². The van der Waals surface area contributed by atoms with Crippen LogP contribution >= 0.6 is 0 Å². The van der Waals surface area contributed by atoms with E-state index in [1.807, 2.05) is 66.7 Å². The van der Waals surface area contributed by atoms with Crippen molar-refractivity contribution in [3.63, 3.8) is 0 Å². The largest absolute Gasteiger partial charge is 0.497 e. The molecule has 0 amide bonds. The SMILES string of the molecule is COc1ccc(C(O[C@H]2CNC[C@@H]2O)(c2ccccc2)c2ccc(OC)cc2)cc1. The third-order valence-electron chi connectivity index (χ3n) is 5.63. The van der Waals surface area contributed by atoms with Gasteiger partial charge in [0.2, 0.25) is 0 Å². The van der Waals surface area contributed by atoms with Crippen LogP contribution in [0.1, 0.15) is 16.7 Å². The van der Waals surface area contributed by atoms with Crippen LogP contribution in [0.15, 0.2) is 78.9 Å². The van der Waals surface area contributed by atoms with Gasteiger partial charge in [-0.05, 0) is 41.0 Å². The van der Waals surface area contributed by atoms with Crippen LogP contribution in [0.25, 0.3) is 0 Å². The number of aliphatic hydroxyl groups is 1. The maximum absolute atomic E-state index is 10.5. The van der Waals surface area contributed by atoms with Crippen LogP contribution in [0, 0.1) is 0 Å². The van der Waals surface area contributed by atoms with Gasteiger partial charge in [0.05, 0.1) is 26.4 Å². The van der Waals surface area contributed by atoms with Crippen molar-refractivity contribution in [1.82, 2.24) is 5.32 Å². The quantitative estimate of drug-likeness (QED) is 0.591. The molecule has 1 aliphatic heterocycles. The zero-order valence-corrected chi connectivity index (χ0v) is 17.2. The Balaban J connectivity index is 1.93. The minimum Gasteiger partial charge on any atom is -0.497 e. The lowest BCUT2D eigenvalue weighted by Gasteiger charge is -2.38. The van der Waals surface area contributed by atoms with Crippen LogP contribution in [-0.2, 0) is 10.3 Å². The second kappa shape index (κ2) is 8.88. The van der Waals surface area contributed by atoms with Crippen LogP contribution in [0.4, 0.5) is 0 Å². The molecule has 156 valence electrons. The Kier molecular flexibility index (Phi) is 6.04. The van der Waals surface area contributed by atoms with Gasteiger partial charge >= 0.3 is 0 Å². The van der Waals surface area contributed by atoms with Crippen molar-refractivity contribution in [2.45, 2.75) is 17.8 Å². The molecule has 0 radical (unpaired) electrons. The molecule has 4 rings (SSSR count). The van der Waals surface area contributed by atoms with Gasteiger partial charge in [0.1, 0.15) is 17.1 Å². The van der Waals surface area contributed by atoms with Gasteiger partial charge in [0.25, 0.3) is 0 Å². The molecule has 1 saturated heterocycles. The highest BCUT2D eigenvalue weighted by molar-refractivity contribution is 5.49. The lowest BCUT2D eigenvalue weighted by Crippen LogP contribution is -2.41. The minimum absolute atomic E-state index is 0.352. The Morgan fingerprint density at radius 2 is 1.23 bits per heavy atom. The molecule has 2 N–H and O–H groups in total. The van der Waals surface area contributed by atoms with Gasteiger partial charge in [0.15, 0.2) is 0 Å². The molecule has 3 aromatic carbocycles. The van der Waals surface area contributed by atoms with Gasteiger partial charge in [-0.3, -0.25) is 0 Å². The average molecular weight is 405 g/mol. The van der Waals surface area contributed by atoms with Crippen LogP contribution in [0.3, 0.4) is 0 Å². The third-order valence-corrected chi connectivity index (χ3v) is 5.63. The maximum atomic E-state index is 10.5. The molecule has 5 heteroatoms. The van der Waals surface area contributed by atoms with Gasteiger partial charge in [-0.2, -0.15) is 0 Å². The van der Waals surface area contributed by atoms with Gasteiger partial charge in [-0.15, -0.1) is 0 Å². The summed E-state index contributed by atoms with van der Waals surface area (Å²) in [7, 11) is 3.31. The van der Waals surface area contributed by atoms with Crippen LogP contribution in [0.5, 0.6) is 11.5 Å².